The largest absolute Gasteiger partial charge is 0.490 e. The van der Waals surface area contributed by atoms with Gasteiger partial charge >= 0.3 is 0 Å². The van der Waals surface area contributed by atoms with Gasteiger partial charge in [-0.2, -0.15) is 0 Å². The van der Waals surface area contributed by atoms with Gasteiger partial charge in [0, 0.05) is 62.9 Å². The predicted octanol–water partition coefficient (Wildman–Crippen LogP) is 2.27. The number of carbonyl (C=O) groups excluding carboxylic acids is 1. The SMILES string of the molecule is O=C(/C=C/c1ccc2c(c1)OCCCO2)N1CCN(Cc2cc(=O)n3ccsc3n2)CC1. The number of fused-ring (bicyclic) bond motifs is 2. The van der Waals surface area contributed by atoms with Crippen LogP contribution in [0.1, 0.15) is 17.7 Å². The summed E-state index contributed by atoms with van der Waals surface area (Å²) in [5, 5.41) is 1.86. The van der Waals surface area contributed by atoms with E-state index in [4.69, 9.17) is 9.47 Å². The fraction of sp³-hybridized carbons (Fsp3) is 0.348. The monoisotopic (exact) mass is 452 g/mol. The minimum atomic E-state index is -0.0556. The Morgan fingerprint density at radius 2 is 1.91 bits per heavy atom. The van der Waals surface area contributed by atoms with Crippen LogP contribution in [0.4, 0.5) is 0 Å². The Kier molecular flexibility index (Phi) is 5.91. The number of piperazine rings is 1. The Labute approximate surface area is 189 Å². The van der Waals surface area contributed by atoms with E-state index in [0.717, 1.165) is 42.3 Å². The number of rotatable bonds is 4. The van der Waals surface area contributed by atoms with Crippen molar-refractivity contribution in [3.8, 4) is 11.5 Å². The maximum absolute atomic E-state index is 12.7. The average Bonchev–Trinajstić information content (AvgIpc) is 3.16. The molecule has 0 spiro atoms. The first-order chi connectivity index (χ1) is 15.7. The first-order valence-corrected chi connectivity index (χ1v) is 11.6. The number of carbonyl (C=O) groups is 1. The second-order valence-electron chi connectivity index (χ2n) is 7.83. The summed E-state index contributed by atoms with van der Waals surface area (Å²) in [7, 11) is 0. The molecule has 2 aromatic heterocycles. The third kappa shape index (κ3) is 4.53. The molecule has 32 heavy (non-hydrogen) atoms. The molecule has 8 nitrogen and oxygen atoms in total. The molecule has 1 aromatic carbocycles. The molecule has 1 saturated heterocycles. The number of amides is 1. The number of benzene rings is 1. The highest BCUT2D eigenvalue weighted by Gasteiger charge is 2.20. The van der Waals surface area contributed by atoms with Gasteiger partial charge < -0.3 is 14.4 Å². The molecule has 0 atom stereocenters. The highest BCUT2D eigenvalue weighted by molar-refractivity contribution is 7.15. The van der Waals surface area contributed by atoms with Crippen molar-refractivity contribution in [1.29, 1.82) is 0 Å². The molecule has 0 unspecified atom stereocenters. The zero-order valence-electron chi connectivity index (χ0n) is 17.6. The Morgan fingerprint density at radius 1 is 1.09 bits per heavy atom. The van der Waals surface area contributed by atoms with Crippen molar-refractivity contribution in [2.75, 3.05) is 39.4 Å². The smallest absolute Gasteiger partial charge is 0.258 e. The van der Waals surface area contributed by atoms with Gasteiger partial charge in [0.2, 0.25) is 5.91 Å². The molecule has 3 aromatic rings. The van der Waals surface area contributed by atoms with Gasteiger partial charge in [-0.15, -0.1) is 11.3 Å². The van der Waals surface area contributed by atoms with E-state index < -0.39 is 0 Å². The standard InChI is InChI=1S/C23H24N4O4S/c28-21(5-3-17-2-4-19-20(14-17)31-12-1-11-30-19)26-8-6-25(7-9-26)16-18-15-22(29)27-10-13-32-23(27)24-18/h2-5,10,13-15H,1,6-9,11-12,16H2/b5-3+. The van der Waals surface area contributed by atoms with Gasteiger partial charge in [0.05, 0.1) is 18.9 Å². The van der Waals surface area contributed by atoms with Crippen molar-refractivity contribution < 1.29 is 14.3 Å². The Balaban J connectivity index is 1.16. The summed E-state index contributed by atoms with van der Waals surface area (Å²) in [6.45, 7) is 4.68. The molecule has 1 amide bonds. The summed E-state index contributed by atoms with van der Waals surface area (Å²) in [6, 6.07) is 7.31. The second kappa shape index (κ2) is 9.13. The molecule has 0 aliphatic carbocycles. The molecule has 0 radical (unpaired) electrons. The summed E-state index contributed by atoms with van der Waals surface area (Å²) < 4.78 is 12.9. The van der Waals surface area contributed by atoms with Gasteiger partial charge in [-0.05, 0) is 23.8 Å². The lowest BCUT2D eigenvalue weighted by atomic mass is 10.2. The average molecular weight is 453 g/mol. The van der Waals surface area contributed by atoms with Crippen molar-refractivity contribution in [2.24, 2.45) is 0 Å². The highest BCUT2D eigenvalue weighted by Crippen LogP contribution is 2.30. The molecule has 0 saturated carbocycles. The van der Waals surface area contributed by atoms with E-state index in [0.29, 0.717) is 37.8 Å². The molecule has 0 N–H and O–H groups in total. The summed E-state index contributed by atoms with van der Waals surface area (Å²) in [5.41, 5.74) is 1.62. The number of thiazole rings is 1. The third-order valence-electron chi connectivity index (χ3n) is 5.62. The lowest BCUT2D eigenvalue weighted by Gasteiger charge is -2.34. The molecular formula is C23H24N4O4S. The Morgan fingerprint density at radius 3 is 2.75 bits per heavy atom. The van der Waals surface area contributed by atoms with Crippen molar-refractivity contribution in [3.05, 3.63) is 63.5 Å². The number of aromatic nitrogens is 2. The van der Waals surface area contributed by atoms with E-state index >= 15 is 0 Å². The van der Waals surface area contributed by atoms with E-state index in [1.54, 1.807) is 22.7 Å². The topological polar surface area (TPSA) is 76.4 Å². The van der Waals surface area contributed by atoms with Gasteiger partial charge in [0.1, 0.15) is 0 Å². The van der Waals surface area contributed by atoms with E-state index in [1.165, 1.54) is 11.3 Å². The van der Waals surface area contributed by atoms with E-state index in [1.807, 2.05) is 34.6 Å². The van der Waals surface area contributed by atoms with Crippen LogP contribution >= 0.6 is 11.3 Å². The number of hydrogen-bond donors (Lipinski definition) is 0. The van der Waals surface area contributed by atoms with Gasteiger partial charge in [-0.25, -0.2) is 4.98 Å². The molecule has 9 heteroatoms. The zero-order valence-corrected chi connectivity index (χ0v) is 18.4. The number of hydrogen-bond acceptors (Lipinski definition) is 7. The number of ether oxygens (including phenoxy) is 2. The molecule has 2 aliphatic rings. The van der Waals surface area contributed by atoms with Crippen molar-refractivity contribution in [3.63, 3.8) is 0 Å². The van der Waals surface area contributed by atoms with Crippen LogP contribution in [-0.4, -0.2) is 64.5 Å². The van der Waals surface area contributed by atoms with Gasteiger partial charge in [0.25, 0.3) is 5.56 Å². The minimum Gasteiger partial charge on any atom is -0.490 e. The highest BCUT2D eigenvalue weighted by atomic mass is 32.1. The van der Waals surface area contributed by atoms with Crippen LogP contribution in [-0.2, 0) is 11.3 Å². The predicted molar refractivity (Wildman–Crippen MR) is 122 cm³/mol. The van der Waals surface area contributed by atoms with Gasteiger partial charge in [-0.1, -0.05) is 6.07 Å². The molecule has 4 heterocycles. The van der Waals surface area contributed by atoms with E-state index in [-0.39, 0.29) is 11.5 Å². The minimum absolute atomic E-state index is 0.00636. The summed E-state index contributed by atoms with van der Waals surface area (Å²) in [4.78, 5) is 34.2. The van der Waals surface area contributed by atoms with Crippen LogP contribution < -0.4 is 15.0 Å². The first-order valence-electron chi connectivity index (χ1n) is 10.7. The maximum atomic E-state index is 12.7. The Bertz CT molecular complexity index is 1210. The van der Waals surface area contributed by atoms with Crippen molar-refractivity contribution in [1.82, 2.24) is 19.2 Å². The second-order valence-corrected chi connectivity index (χ2v) is 8.71. The van der Waals surface area contributed by atoms with Crippen LogP contribution in [0.5, 0.6) is 11.5 Å². The summed E-state index contributed by atoms with van der Waals surface area (Å²) >= 11 is 1.45. The zero-order chi connectivity index (χ0) is 21.9. The van der Waals surface area contributed by atoms with Gasteiger partial charge in [0.15, 0.2) is 16.5 Å². The molecular weight excluding hydrogens is 428 g/mol. The first kappa shape index (κ1) is 20.7. The third-order valence-corrected chi connectivity index (χ3v) is 6.37. The maximum Gasteiger partial charge on any atom is 0.258 e. The Hall–Kier alpha value is -3.17. The summed E-state index contributed by atoms with van der Waals surface area (Å²) in [6.07, 6.45) is 6.03. The fourth-order valence-corrected chi connectivity index (χ4v) is 4.62. The van der Waals surface area contributed by atoms with Crippen molar-refractivity contribution in [2.45, 2.75) is 13.0 Å². The van der Waals surface area contributed by atoms with Crippen LogP contribution in [0, 0.1) is 0 Å². The van der Waals surface area contributed by atoms with Crippen LogP contribution in [0.2, 0.25) is 0 Å². The lowest BCUT2D eigenvalue weighted by Crippen LogP contribution is -2.48. The molecule has 1 fully saturated rings. The van der Waals surface area contributed by atoms with Crippen LogP contribution in [0.15, 0.2) is 46.7 Å². The fourth-order valence-electron chi connectivity index (χ4n) is 3.88. The van der Waals surface area contributed by atoms with Crippen LogP contribution in [0.25, 0.3) is 11.0 Å². The van der Waals surface area contributed by atoms with E-state index in [9.17, 15) is 9.59 Å². The lowest BCUT2D eigenvalue weighted by molar-refractivity contribution is -0.127. The molecule has 0 bridgehead atoms. The van der Waals surface area contributed by atoms with Gasteiger partial charge in [-0.3, -0.25) is 18.9 Å². The molecule has 166 valence electrons. The quantitative estimate of drug-likeness (QED) is 0.566. The number of nitrogens with zero attached hydrogens (tertiary/aromatic N) is 4. The normalized spacial score (nSPS) is 17.1. The van der Waals surface area contributed by atoms with Crippen molar-refractivity contribution >= 4 is 28.3 Å². The van der Waals surface area contributed by atoms with E-state index in [2.05, 4.69) is 9.88 Å². The van der Waals surface area contributed by atoms with Crippen LogP contribution in [0.3, 0.4) is 0 Å². The molecule has 2 aliphatic heterocycles. The summed E-state index contributed by atoms with van der Waals surface area (Å²) in [5.74, 6) is 1.46. The molecule has 5 rings (SSSR count).